The van der Waals surface area contributed by atoms with E-state index in [4.69, 9.17) is 0 Å². The number of hydrogen-bond donors (Lipinski definition) is 3. The Labute approximate surface area is 150 Å². The number of thiophene rings is 1. The molecule has 7 heteroatoms. The number of aromatic nitrogens is 1. The standard InChI is InChI=1S/C18H23FN4OS/c19-17-14(3-1-7-20-17)18(24)5-8-23(9-6-18)12-13-11-21-22-16(13)15-4-2-10-25-15/h1-4,7,10,13,16,21-22,24H,5-6,8-9,11-12H2. The molecular formula is C18H23FN4OS. The number of hydrazine groups is 1. The van der Waals surface area contributed by atoms with E-state index in [-0.39, 0.29) is 0 Å². The molecule has 2 aromatic heterocycles. The number of halogens is 1. The lowest BCUT2D eigenvalue weighted by molar-refractivity contribution is -0.0318. The molecular weight excluding hydrogens is 339 g/mol. The van der Waals surface area contributed by atoms with Crippen molar-refractivity contribution in [3.05, 3.63) is 52.2 Å². The second-order valence-electron chi connectivity index (χ2n) is 6.95. The van der Waals surface area contributed by atoms with Crippen molar-refractivity contribution in [3.63, 3.8) is 0 Å². The zero-order chi connectivity index (χ0) is 17.3. The minimum atomic E-state index is -1.10. The molecule has 5 nitrogen and oxygen atoms in total. The van der Waals surface area contributed by atoms with Gasteiger partial charge in [-0.05, 0) is 30.4 Å². The Morgan fingerprint density at radius 2 is 2.16 bits per heavy atom. The average Bonchev–Trinajstić information content (AvgIpc) is 3.29. The molecule has 2 aliphatic heterocycles. The van der Waals surface area contributed by atoms with Crippen LogP contribution in [-0.2, 0) is 5.60 Å². The van der Waals surface area contributed by atoms with Gasteiger partial charge in [-0.1, -0.05) is 12.1 Å². The van der Waals surface area contributed by atoms with Crippen molar-refractivity contribution < 1.29 is 9.50 Å². The minimum absolute atomic E-state index is 0.329. The molecule has 0 amide bonds. The SMILES string of the molecule is OC1(c2cccnc2F)CCN(CC2CNNC2c2cccs2)CC1. The van der Waals surface area contributed by atoms with Crippen LogP contribution in [0, 0.1) is 11.9 Å². The monoisotopic (exact) mass is 362 g/mol. The summed E-state index contributed by atoms with van der Waals surface area (Å²) in [5.74, 6) is -0.0691. The third-order valence-electron chi connectivity index (χ3n) is 5.38. The highest BCUT2D eigenvalue weighted by Gasteiger charge is 2.38. The maximum absolute atomic E-state index is 14.0. The van der Waals surface area contributed by atoms with Crippen LogP contribution in [0.1, 0.15) is 29.3 Å². The van der Waals surface area contributed by atoms with Gasteiger partial charge >= 0.3 is 0 Å². The molecule has 4 heterocycles. The van der Waals surface area contributed by atoms with E-state index < -0.39 is 11.5 Å². The molecule has 0 radical (unpaired) electrons. The Bertz CT molecular complexity index is 703. The lowest BCUT2D eigenvalue weighted by Gasteiger charge is -2.39. The van der Waals surface area contributed by atoms with E-state index in [2.05, 4.69) is 38.2 Å². The van der Waals surface area contributed by atoms with Crippen molar-refractivity contribution in [2.24, 2.45) is 5.92 Å². The van der Waals surface area contributed by atoms with Crippen LogP contribution >= 0.6 is 11.3 Å². The summed E-state index contributed by atoms with van der Waals surface area (Å²) in [4.78, 5) is 7.41. The fourth-order valence-corrected chi connectivity index (χ4v) is 4.79. The molecule has 2 aliphatic rings. The zero-order valence-electron chi connectivity index (χ0n) is 14.0. The Morgan fingerprint density at radius 1 is 1.32 bits per heavy atom. The van der Waals surface area contributed by atoms with Crippen molar-refractivity contribution in [2.45, 2.75) is 24.5 Å². The van der Waals surface area contributed by atoms with Gasteiger partial charge in [0, 0.05) is 48.7 Å². The number of nitrogens with zero attached hydrogens (tertiary/aromatic N) is 2. The fourth-order valence-electron chi connectivity index (χ4n) is 3.92. The number of nitrogens with one attached hydrogen (secondary N) is 2. The molecule has 0 aromatic carbocycles. The second kappa shape index (κ2) is 7.09. The first kappa shape index (κ1) is 17.1. The number of rotatable bonds is 4. The first-order chi connectivity index (χ1) is 12.2. The number of hydrogen-bond acceptors (Lipinski definition) is 6. The Kier molecular flexibility index (Phi) is 4.84. The van der Waals surface area contributed by atoms with E-state index in [0.717, 1.165) is 26.2 Å². The van der Waals surface area contributed by atoms with Crippen LogP contribution in [-0.4, -0.2) is 41.2 Å². The maximum atomic E-state index is 14.0. The zero-order valence-corrected chi connectivity index (χ0v) is 14.8. The predicted molar refractivity (Wildman–Crippen MR) is 95.5 cm³/mol. The van der Waals surface area contributed by atoms with Gasteiger partial charge in [0.1, 0.15) is 0 Å². The highest BCUT2D eigenvalue weighted by atomic mass is 32.1. The minimum Gasteiger partial charge on any atom is -0.385 e. The average molecular weight is 362 g/mol. The van der Waals surface area contributed by atoms with Crippen molar-refractivity contribution in [1.29, 1.82) is 0 Å². The number of pyridine rings is 1. The van der Waals surface area contributed by atoms with E-state index in [1.807, 2.05) is 0 Å². The van der Waals surface area contributed by atoms with E-state index in [9.17, 15) is 9.50 Å². The quantitative estimate of drug-likeness (QED) is 0.727. The predicted octanol–water partition coefficient (Wildman–Crippen LogP) is 2.03. The summed E-state index contributed by atoms with van der Waals surface area (Å²) in [5, 5.41) is 13.0. The maximum Gasteiger partial charge on any atom is 0.218 e. The van der Waals surface area contributed by atoms with Crippen LogP contribution in [0.3, 0.4) is 0 Å². The van der Waals surface area contributed by atoms with E-state index in [1.165, 1.54) is 11.1 Å². The van der Waals surface area contributed by atoms with Gasteiger partial charge in [0.2, 0.25) is 5.95 Å². The third kappa shape index (κ3) is 3.47. The first-order valence-corrected chi connectivity index (χ1v) is 9.61. The molecule has 134 valence electrons. The molecule has 0 saturated carbocycles. The summed E-state index contributed by atoms with van der Waals surface area (Å²) >= 11 is 1.77. The van der Waals surface area contributed by atoms with Crippen LogP contribution in [0.25, 0.3) is 0 Å². The fraction of sp³-hybridized carbons (Fsp3) is 0.500. The Hall–Kier alpha value is -1.38. The van der Waals surface area contributed by atoms with E-state index in [1.54, 1.807) is 23.5 Å². The van der Waals surface area contributed by atoms with Crippen LogP contribution in [0.2, 0.25) is 0 Å². The Balaban J connectivity index is 1.38. The summed E-state index contributed by atoms with van der Waals surface area (Å²) in [7, 11) is 0. The van der Waals surface area contributed by atoms with Crippen LogP contribution in [0.4, 0.5) is 4.39 Å². The normalized spacial score (nSPS) is 26.8. The molecule has 0 spiro atoms. The largest absolute Gasteiger partial charge is 0.385 e. The smallest absolute Gasteiger partial charge is 0.218 e. The van der Waals surface area contributed by atoms with Gasteiger partial charge in [0.15, 0.2) is 0 Å². The molecule has 0 bridgehead atoms. The molecule has 25 heavy (non-hydrogen) atoms. The van der Waals surface area contributed by atoms with Crippen LogP contribution in [0.15, 0.2) is 35.8 Å². The van der Waals surface area contributed by atoms with Gasteiger partial charge in [-0.3, -0.25) is 5.43 Å². The summed E-state index contributed by atoms with van der Waals surface area (Å²) in [6.07, 6.45) is 2.49. The summed E-state index contributed by atoms with van der Waals surface area (Å²) in [5.41, 5.74) is 5.87. The van der Waals surface area contributed by atoms with Crippen molar-refractivity contribution >= 4 is 11.3 Å². The Morgan fingerprint density at radius 3 is 2.88 bits per heavy atom. The first-order valence-electron chi connectivity index (χ1n) is 8.73. The van der Waals surface area contributed by atoms with Gasteiger partial charge in [-0.15, -0.1) is 11.3 Å². The van der Waals surface area contributed by atoms with Gasteiger partial charge in [0.05, 0.1) is 11.6 Å². The lowest BCUT2D eigenvalue weighted by atomic mass is 9.84. The molecule has 4 rings (SSSR count). The second-order valence-corrected chi connectivity index (χ2v) is 7.93. The number of aliphatic hydroxyl groups is 1. The molecule has 2 atom stereocenters. The molecule has 3 N–H and O–H groups in total. The highest BCUT2D eigenvalue weighted by Crippen LogP contribution is 2.35. The van der Waals surface area contributed by atoms with Crippen molar-refractivity contribution in [2.75, 3.05) is 26.2 Å². The van der Waals surface area contributed by atoms with Gasteiger partial charge in [-0.25, -0.2) is 10.4 Å². The van der Waals surface area contributed by atoms with Crippen molar-refractivity contribution in [3.8, 4) is 0 Å². The molecule has 2 aromatic rings. The number of piperidine rings is 1. The van der Waals surface area contributed by atoms with Crippen LogP contribution in [0.5, 0.6) is 0 Å². The van der Waals surface area contributed by atoms with Gasteiger partial charge < -0.3 is 10.0 Å². The number of likely N-dealkylation sites (tertiary alicyclic amines) is 1. The van der Waals surface area contributed by atoms with Gasteiger partial charge in [-0.2, -0.15) is 4.39 Å². The summed E-state index contributed by atoms with van der Waals surface area (Å²) in [6.45, 7) is 3.42. The highest BCUT2D eigenvalue weighted by molar-refractivity contribution is 7.10. The summed E-state index contributed by atoms with van der Waals surface area (Å²) < 4.78 is 14.0. The van der Waals surface area contributed by atoms with Gasteiger partial charge in [0.25, 0.3) is 0 Å². The topological polar surface area (TPSA) is 60.4 Å². The molecule has 2 fully saturated rings. The lowest BCUT2D eigenvalue weighted by Crippen LogP contribution is -2.45. The van der Waals surface area contributed by atoms with Crippen molar-refractivity contribution in [1.82, 2.24) is 20.7 Å². The molecule has 0 aliphatic carbocycles. The van der Waals surface area contributed by atoms with E-state index >= 15 is 0 Å². The van der Waals surface area contributed by atoms with E-state index in [0.29, 0.717) is 30.4 Å². The molecule has 2 unspecified atom stereocenters. The molecule has 2 saturated heterocycles. The third-order valence-corrected chi connectivity index (χ3v) is 6.33. The summed E-state index contributed by atoms with van der Waals surface area (Å²) in [6, 6.07) is 7.92. The van der Waals surface area contributed by atoms with Crippen LogP contribution < -0.4 is 10.9 Å².